The molecular formula is C17H20NO8-. The van der Waals surface area contributed by atoms with Gasteiger partial charge in [0.1, 0.15) is 18.0 Å². The van der Waals surface area contributed by atoms with E-state index in [-0.39, 0.29) is 11.4 Å². The first-order valence-corrected chi connectivity index (χ1v) is 8.12. The third kappa shape index (κ3) is 2.98. The third-order valence-corrected chi connectivity index (χ3v) is 4.47. The van der Waals surface area contributed by atoms with Gasteiger partial charge in [-0.15, -0.1) is 5.52 Å². The van der Waals surface area contributed by atoms with E-state index in [4.69, 9.17) is 14.6 Å². The molecule has 26 heavy (non-hydrogen) atoms. The zero-order chi connectivity index (χ0) is 19.1. The number of fused-ring (bicyclic) bond motifs is 1. The standard InChI is InChI=1S/C17H20NO8/c1-2-8-3-4-10-9(5-8)13(11(6-19)18-10)25-16(23)14-12(21)15(22)17(24,7-20)26-14/h3-5,12,14-15,19-22,24H,2,6-7H2,1H3/q-1/t12-,14+,15+,17-/m0/s1. The summed E-state index contributed by atoms with van der Waals surface area (Å²) in [5, 5.41) is 48.7. The second kappa shape index (κ2) is 6.95. The summed E-state index contributed by atoms with van der Waals surface area (Å²) in [5.41, 5.74) is 1.62. The lowest BCUT2D eigenvalue weighted by Gasteiger charge is -2.22. The van der Waals surface area contributed by atoms with Crippen LogP contribution in [0.15, 0.2) is 18.2 Å². The molecular weight excluding hydrogens is 346 g/mol. The Bertz CT molecular complexity index is 818. The molecule has 2 aromatic rings. The number of aliphatic hydroxyl groups excluding tert-OH is 4. The molecule has 5 N–H and O–H groups in total. The molecule has 0 bridgehead atoms. The van der Waals surface area contributed by atoms with Gasteiger partial charge in [-0.05, 0) is 18.1 Å². The van der Waals surface area contributed by atoms with Gasteiger partial charge in [-0.3, -0.25) is 0 Å². The Morgan fingerprint density at radius 1 is 1.35 bits per heavy atom. The molecule has 4 atom stereocenters. The van der Waals surface area contributed by atoms with Crippen LogP contribution in [0.3, 0.4) is 0 Å². The number of nitrogens with zero attached hydrogens (tertiary/aromatic N) is 1. The summed E-state index contributed by atoms with van der Waals surface area (Å²) in [6.07, 6.45) is -4.66. The Labute approximate surface area is 148 Å². The molecule has 0 amide bonds. The largest absolute Gasteiger partial charge is 0.656 e. The van der Waals surface area contributed by atoms with Crippen molar-refractivity contribution in [3.8, 4) is 5.75 Å². The maximum Gasteiger partial charge on any atom is 0.343 e. The van der Waals surface area contributed by atoms with E-state index in [2.05, 4.69) is 4.98 Å². The number of aryl methyl sites for hydroxylation is 1. The SMILES string of the molecule is CCc1ccc2[n-]c(CO)c(OC(=O)[C@@H]3O[C@@](O)(CO)[C@H](O)[C@H]3O)c2c1. The van der Waals surface area contributed by atoms with E-state index in [9.17, 15) is 25.2 Å². The predicted octanol–water partition coefficient (Wildman–Crippen LogP) is -1.44. The van der Waals surface area contributed by atoms with Crippen LogP contribution in [0.2, 0.25) is 0 Å². The van der Waals surface area contributed by atoms with Gasteiger partial charge in [0.05, 0.1) is 13.2 Å². The lowest BCUT2D eigenvalue weighted by Crippen LogP contribution is -2.46. The van der Waals surface area contributed by atoms with E-state index in [0.29, 0.717) is 10.9 Å². The van der Waals surface area contributed by atoms with E-state index < -0.39 is 43.3 Å². The van der Waals surface area contributed by atoms with Crippen molar-refractivity contribution in [1.82, 2.24) is 4.98 Å². The molecule has 9 nitrogen and oxygen atoms in total. The van der Waals surface area contributed by atoms with E-state index in [0.717, 1.165) is 12.0 Å². The fourth-order valence-electron chi connectivity index (χ4n) is 2.92. The lowest BCUT2D eigenvalue weighted by atomic mass is 10.1. The Morgan fingerprint density at radius 2 is 2.08 bits per heavy atom. The molecule has 1 aromatic heterocycles. The summed E-state index contributed by atoms with van der Waals surface area (Å²) < 4.78 is 10.2. The van der Waals surface area contributed by atoms with Gasteiger partial charge in [0.25, 0.3) is 0 Å². The zero-order valence-electron chi connectivity index (χ0n) is 14.0. The first kappa shape index (κ1) is 18.8. The highest BCUT2D eigenvalue weighted by Crippen LogP contribution is 2.34. The number of rotatable bonds is 5. The van der Waals surface area contributed by atoms with Crippen LogP contribution in [0.4, 0.5) is 0 Å². The minimum atomic E-state index is -2.47. The molecule has 0 aliphatic carbocycles. The quantitative estimate of drug-likeness (QED) is 0.401. The molecule has 1 aliphatic heterocycles. The van der Waals surface area contributed by atoms with Crippen LogP contribution in [0.1, 0.15) is 18.2 Å². The van der Waals surface area contributed by atoms with Crippen LogP contribution in [-0.2, 0) is 22.6 Å². The number of aliphatic hydroxyl groups is 5. The summed E-state index contributed by atoms with van der Waals surface area (Å²) in [6.45, 7) is 0.462. The highest BCUT2D eigenvalue weighted by Gasteiger charge is 2.56. The minimum absolute atomic E-state index is 0.0209. The number of carbonyl (C=O) groups excluding carboxylic acids is 1. The first-order valence-electron chi connectivity index (χ1n) is 8.12. The number of carbonyl (C=O) groups is 1. The van der Waals surface area contributed by atoms with Crippen LogP contribution in [-0.4, -0.2) is 62.2 Å². The minimum Gasteiger partial charge on any atom is -0.656 e. The Morgan fingerprint density at radius 3 is 2.65 bits per heavy atom. The van der Waals surface area contributed by atoms with Gasteiger partial charge in [-0.1, -0.05) is 24.8 Å². The second-order valence-corrected chi connectivity index (χ2v) is 6.15. The monoisotopic (exact) mass is 366 g/mol. The van der Waals surface area contributed by atoms with Gasteiger partial charge in [0.2, 0.25) is 5.79 Å². The fraction of sp³-hybridized carbons (Fsp3) is 0.471. The number of ether oxygens (including phenoxy) is 2. The summed E-state index contributed by atoms with van der Waals surface area (Å²) in [4.78, 5) is 16.6. The third-order valence-electron chi connectivity index (χ3n) is 4.47. The van der Waals surface area contributed by atoms with Gasteiger partial charge in [-0.2, -0.15) is 0 Å². The Balaban J connectivity index is 1.92. The number of hydrogen-bond acceptors (Lipinski definition) is 8. The van der Waals surface area contributed by atoms with Crippen molar-refractivity contribution in [3.63, 3.8) is 0 Å². The molecule has 1 fully saturated rings. The van der Waals surface area contributed by atoms with Gasteiger partial charge in [-0.25, -0.2) is 4.79 Å². The van der Waals surface area contributed by atoms with Crippen LogP contribution < -0.4 is 9.72 Å². The number of aromatic nitrogens is 1. The molecule has 0 radical (unpaired) electrons. The smallest absolute Gasteiger partial charge is 0.343 e. The van der Waals surface area contributed by atoms with Crippen molar-refractivity contribution < 1.29 is 39.8 Å². The van der Waals surface area contributed by atoms with E-state index in [1.165, 1.54) is 0 Å². The summed E-state index contributed by atoms with van der Waals surface area (Å²) >= 11 is 0. The summed E-state index contributed by atoms with van der Waals surface area (Å²) in [5.74, 6) is -3.54. The second-order valence-electron chi connectivity index (χ2n) is 6.15. The van der Waals surface area contributed by atoms with Gasteiger partial charge < -0.3 is 40.0 Å². The Hall–Kier alpha value is -2.01. The molecule has 9 heteroatoms. The van der Waals surface area contributed by atoms with E-state index in [1.807, 2.05) is 13.0 Å². The number of esters is 1. The molecule has 1 saturated heterocycles. The fourth-order valence-corrected chi connectivity index (χ4v) is 2.92. The van der Waals surface area contributed by atoms with Crippen LogP contribution in [0.5, 0.6) is 5.75 Å². The number of benzene rings is 1. The predicted molar refractivity (Wildman–Crippen MR) is 87.1 cm³/mol. The van der Waals surface area contributed by atoms with Crippen molar-refractivity contribution >= 4 is 16.9 Å². The zero-order valence-corrected chi connectivity index (χ0v) is 14.0. The maximum atomic E-state index is 12.4. The van der Waals surface area contributed by atoms with E-state index in [1.54, 1.807) is 12.1 Å². The van der Waals surface area contributed by atoms with Crippen LogP contribution in [0, 0.1) is 0 Å². The van der Waals surface area contributed by atoms with Crippen molar-refractivity contribution in [3.05, 3.63) is 29.5 Å². The van der Waals surface area contributed by atoms with Crippen molar-refractivity contribution in [2.24, 2.45) is 0 Å². The maximum absolute atomic E-state index is 12.4. The van der Waals surface area contributed by atoms with Gasteiger partial charge >= 0.3 is 5.97 Å². The molecule has 142 valence electrons. The highest BCUT2D eigenvalue weighted by molar-refractivity contribution is 5.91. The van der Waals surface area contributed by atoms with E-state index >= 15 is 0 Å². The lowest BCUT2D eigenvalue weighted by molar-refractivity contribution is -0.246. The van der Waals surface area contributed by atoms with Crippen molar-refractivity contribution in [1.29, 1.82) is 0 Å². The van der Waals surface area contributed by atoms with Crippen LogP contribution in [0.25, 0.3) is 10.9 Å². The molecule has 0 saturated carbocycles. The van der Waals surface area contributed by atoms with Gasteiger partial charge in [0, 0.05) is 5.39 Å². The average molecular weight is 366 g/mol. The topological polar surface area (TPSA) is 151 Å². The summed E-state index contributed by atoms with van der Waals surface area (Å²) in [7, 11) is 0. The normalized spacial score (nSPS) is 28.6. The average Bonchev–Trinajstić information content (AvgIpc) is 3.11. The molecule has 1 aromatic carbocycles. The summed E-state index contributed by atoms with van der Waals surface area (Å²) in [6, 6.07) is 5.37. The van der Waals surface area contributed by atoms with Gasteiger partial charge in [0.15, 0.2) is 6.10 Å². The van der Waals surface area contributed by atoms with Crippen LogP contribution >= 0.6 is 0 Å². The molecule has 2 heterocycles. The molecule has 1 aliphatic rings. The number of hydrogen-bond donors (Lipinski definition) is 5. The molecule has 0 unspecified atom stereocenters. The van der Waals surface area contributed by atoms with Crippen molar-refractivity contribution in [2.75, 3.05) is 6.61 Å². The Kier molecular flexibility index (Phi) is 5.02. The molecule has 3 rings (SSSR count). The highest BCUT2D eigenvalue weighted by atomic mass is 16.7. The molecule has 0 spiro atoms. The van der Waals surface area contributed by atoms with Crippen molar-refractivity contribution in [2.45, 2.75) is 44.1 Å². The first-order chi connectivity index (χ1) is 12.3.